The van der Waals surface area contributed by atoms with Crippen LogP contribution in [0.2, 0.25) is 0 Å². The van der Waals surface area contributed by atoms with Gasteiger partial charge in [-0.25, -0.2) is 8.42 Å². The Kier molecular flexibility index (Phi) is 6.96. The van der Waals surface area contributed by atoms with E-state index in [1.807, 2.05) is 31.3 Å². The zero-order valence-corrected chi connectivity index (χ0v) is 18.3. The fourth-order valence-corrected chi connectivity index (χ4v) is 4.90. The highest BCUT2D eigenvalue weighted by Crippen LogP contribution is 2.32. The summed E-state index contributed by atoms with van der Waals surface area (Å²) in [5, 5.41) is 3.46. The van der Waals surface area contributed by atoms with Gasteiger partial charge in [-0.3, -0.25) is 4.99 Å². The normalized spacial score (nSPS) is 20.5. The van der Waals surface area contributed by atoms with Gasteiger partial charge in [0.05, 0.1) is 5.75 Å². The Bertz CT molecular complexity index is 924. The van der Waals surface area contributed by atoms with Gasteiger partial charge < -0.3 is 10.2 Å². The van der Waals surface area contributed by atoms with Gasteiger partial charge in [0.2, 0.25) is 0 Å². The smallest absolute Gasteiger partial charge is 0.193 e. The molecule has 2 aromatic rings. The van der Waals surface area contributed by atoms with Crippen LogP contribution in [0.3, 0.4) is 0 Å². The van der Waals surface area contributed by atoms with Gasteiger partial charge in [0.25, 0.3) is 0 Å². The van der Waals surface area contributed by atoms with E-state index >= 15 is 0 Å². The molecule has 0 radical (unpaired) electrons. The summed E-state index contributed by atoms with van der Waals surface area (Å²) in [5.74, 6) is 2.15. The monoisotopic (exact) mass is 413 g/mol. The van der Waals surface area contributed by atoms with Crippen molar-refractivity contribution in [2.45, 2.75) is 31.6 Å². The summed E-state index contributed by atoms with van der Waals surface area (Å²) in [5.41, 5.74) is 3.35. The molecule has 0 bridgehead atoms. The summed E-state index contributed by atoms with van der Waals surface area (Å²) in [7, 11) is -1.18. The maximum atomic E-state index is 11.4. The average Bonchev–Trinajstić information content (AvgIpc) is 2.69. The minimum atomic E-state index is -3.01. The number of piperidine rings is 1. The molecule has 0 aromatic heterocycles. The molecule has 5 nitrogen and oxygen atoms in total. The number of nitrogens with one attached hydrogen (secondary N) is 1. The lowest BCUT2D eigenvalue weighted by molar-refractivity contribution is 0.234. The molecule has 156 valence electrons. The summed E-state index contributed by atoms with van der Waals surface area (Å²) in [4.78, 5) is 6.81. The average molecular weight is 414 g/mol. The number of hydrogen-bond acceptors (Lipinski definition) is 3. The zero-order chi connectivity index (χ0) is 20.9. The molecule has 1 fully saturated rings. The summed E-state index contributed by atoms with van der Waals surface area (Å²) in [6.07, 6.45) is 2.38. The van der Waals surface area contributed by atoms with E-state index in [9.17, 15) is 8.42 Å². The third-order valence-electron chi connectivity index (χ3n) is 5.55. The molecule has 2 aromatic carbocycles. The molecule has 1 aliphatic rings. The molecule has 1 heterocycles. The van der Waals surface area contributed by atoms with Gasteiger partial charge in [0, 0.05) is 32.9 Å². The van der Waals surface area contributed by atoms with E-state index in [4.69, 9.17) is 0 Å². The Morgan fingerprint density at radius 1 is 1.10 bits per heavy atom. The van der Waals surface area contributed by atoms with E-state index in [-0.39, 0.29) is 5.75 Å². The molecule has 2 atom stereocenters. The molecule has 0 saturated carbocycles. The summed E-state index contributed by atoms with van der Waals surface area (Å²) >= 11 is 0. The van der Waals surface area contributed by atoms with Gasteiger partial charge in [0.15, 0.2) is 15.8 Å². The van der Waals surface area contributed by atoms with Crippen molar-refractivity contribution in [3.8, 4) is 0 Å². The zero-order valence-electron chi connectivity index (χ0n) is 17.5. The maximum absolute atomic E-state index is 11.4. The molecular formula is C23H31N3O2S. The standard InChI is InChI=1S/C23H31N3O2S/c1-18-16-26(14-13-22(18)21-7-5-4-6-8-21)23(24-2)25-15-19-9-11-20(12-10-19)17-29(3,27)28/h4-12,18,22H,13-17H2,1-3H3,(H,24,25). The fraction of sp³-hybridized carbons (Fsp3) is 0.435. The van der Waals surface area contributed by atoms with Gasteiger partial charge in [-0.2, -0.15) is 0 Å². The van der Waals surface area contributed by atoms with Crippen LogP contribution in [-0.2, 0) is 22.1 Å². The van der Waals surface area contributed by atoms with E-state index in [1.54, 1.807) is 0 Å². The van der Waals surface area contributed by atoms with Crippen LogP contribution in [0.5, 0.6) is 0 Å². The lowest BCUT2D eigenvalue weighted by Crippen LogP contribution is -2.47. The Morgan fingerprint density at radius 2 is 1.76 bits per heavy atom. The molecule has 6 heteroatoms. The second kappa shape index (κ2) is 9.44. The lowest BCUT2D eigenvalue weighted by atomic mass is 9.82. The number of aliphatic imine (C=N–C) groups is 1. The quantitative estimate of drug-likeness (QED) is 0.603. The van der Waals surface area contributed by atoms with Crippen LogP contribution >= 0.6 is 0 Å². The second-order valence-corrected chi connectivity index (χ2v) is 10.2. The number of nitrogens with zero attached hydrogens (tertiary/aromatic N) is 2. The maximum Gasteiger partial charge on any atom is 0.193 e. The molecule has 0 amide bonds. The van der Waals surface area contributed by atoms with Crippen molar-refractivity contribution in [2.75, 3.05) is 26.4 Å². The van der Waals surface area contributed by atoms with Crippen molar-refractivity contribution in [3.63, 3.8) is 0 Å². The van der Waals surface area contributed by atoms with Crippen molar-refractivity contribution in [3.05, 3.63) is 71.3 Å². The van der Waals surface area contributed by atoms with Crippen LogP contribution in [-0.4, -0.2) is 45.7 Å². The van der Waals surface area contributed by atoms with Crippen molar-refractivity contribution >= 4 is 15.8 Å². The SMILES string of the molecule is CN=C(NCc1ccc(CS(C)(=O)=O)cc1)N1CCC(c2ccccc2)C(C)C1. The van der Waals surface area contributed by atoms with Crippen molar-refractivity contribution in [2.24, 2.45) is 10.9 Å². The third kappa shape index (κ3) is 6.07. The summed E-state index contributed by atoms with van der Waals surface area (Å²) < 4.78 is 22.8. The highest BCUT2D eigenvalue weighted by atomic mass is 32.2. The van der Waals surface area contributed by atoms with Crippen LogP contribution in [0.25, 0.3) is 0 Å². The first-order valence-electron chi connectivity index (χ1n) is 10.1. The summed E-state index contributed by atoms with van der Waals surface area (Å²) in [6.45, 7) is 4.94. The Hall–Kier alpha value is -2.34. The predicted octanol–water partition coefficient (Wildman–Crippen LogP) is 3.43. The van der Waals surface area contributed by atoms with Crippen LogP contribution in [0, 0.1) is 5.92 Å². The largest absolute Gasteiger partial charge is 0.352 e. The number of sulfone groups is 1. The van der Waals surface area contributed by atoms with Gasteiger partial charge in [-0.1, -0.05) is 61.5 Å². The number of guanidine groups is 1. The molecule has 3 rings (SSSR count). The minimum Gasteiger partial charge on any atom is -0.352 e. The van der Waals surface area contributed by atoms with Crippen LogP contribution in [0.4, 0.5) is 0 Å². The second-order valence-electron chi connectivity index (χ2n) is 8.02. The predicted molar refractivity (Wildman–Crippen MR) is 120 cm³/mol. The lowest BCUT2D eigenvalue weighted by Gasteiger charge is -2.39. The number of rotatable bonds is 5. The van der Waals surface area contributed by atoms with Crippen LogP contribution in [0.1, 0.15) is 36.0 Å². The molecule has 0 aliphatic carbocycles. The molecule has 1 aliphatic heterocycles. The highest BCUT2D eigenvalue weighted by molar-refractivity contribution is 7.89. The molecule has 0 spiro atoms. The third-order valence-corrected chi connectivity index (χ3v) is 6.40. The van der Waals surface area contributed by atoms with E-state index in [0.717, 1.165) is 36.6 Å². The Morgan fingerprint density at radius 3 is 2.34 bits per heavy atom. The topological polar surface area (TPSA) is 61.8 Å². The number of likely N-dealkylation sites (tertiary alicyclic amines) is 1. The highest BCUT2D eigenvalue weighted by Gasteiger charge is 2.28. The van der Waals surface area contributed by atoms with E-state index in [1.165, 1.54) is 11.8 Å². The van der Waals surface area contributed by atoms with E-state index < -0.39 is 9.84 Å². The molecule has 2 unspecified atom stereocenters. The van der Waals surface area contributed by atoms with Crippen LogP contribution < -0.4 is 5.32 Å². The van der Waals surface area contributed by atoms with Gasteiger partial charge >= 0.3 is 0 Å². The van der Waals surface area contributed by atoms with Gasteiger partial charge in [0.1, 0.15) is 0 Å². The van der Waals surface area contributed by atoms with Crippen molar-refractivity contribution in [1.29, 1.82) is 0 Å². The first kappa shape index (κ1) is 21.4. The first-order valence-corrected chi connectivity index (χ1v) is 12.2. The number of hydrogen-bond donors (Lipinski definition) is 1. The van der Waals surface area contributed by atoms with Crippen molar-refractivity contribution in [1.82, 2.24) is 10.2 Å². The minimum absolute atomic E-state index is 0.0800. The molecule has 29 heavy (non-hydrogen) atoms. The molecule has 1 N–H and O–H groups in total. The molecular weight excluding hydrogens is 382 g/mol. The Balaban J connectivity index is 1.56. The fourth-order valence-electron chi connectivity index (χ4n) is 4.10. The first-order chi connectivity index (χ1) is 13.9. The van der Waals surface area contributed by atoms with E-state index in [0.29, 0.717) is 18.4 Å². The van der Waals surface area contributed by atoms with Gasteiger partial charge in [-0.15, -0.1) is 0 Å². The Labute approximate surface area is 174 Å². The summed E-state index contributed by atoms with van der Waals surface area (Å²) in [6, 6.07) is 18.5. The number of benzene rings is 2. The van der Waals surface area contributed by atoms with E-state index in [2.05, 4.69) is 52.5 Å². The van der Waals surface area contributed by atoms with Crippen molar-refractivity contribution < 1.29 is 8.42 Å². The molecule has 1 saturated heterocycles. The van der Waals surface area contributed by atoms with Gasteiger partial charge in [-0.05, 0) is 34.9 Å². The van der Waals surface area contributed by atoms with Crippen LogP contribution in [0.15, 0.2) is 59.6 Å².